The highest BCUT2D eigenvalue weighted by Gasteiger charge is 2.11. The number of aliphatic hydroxyl groups excluding tert-OH is 1. The Hall–Kier alpha value is -1.38. The molecule has 0 aliphatic heterocycles. The zero-order valence-electron chi connectivity index (χ0n) is 10.7. The van der Waals surface area contributed by atoms with Gasteiger partial charge in [0.25, 0.3) is 0 Å². The maximum atomic E-state index is 13.2. The first-order chi connectivity index (χ1) is 9.10. The molecule has 0 bridgehead atoms. The van der Waals surface area contributed by atoms with Gasteiger partial charge in [0.15, 0.2) is 0 Å². The molecule has 1 N–H and O–H groups in total. The van der Waals surface area contributed by atoms with Crippen molar-refractivity contribution in [2.45, 2.75) is 25.9 Å². The molecule has 0 amide bonds. The number of hydrogen-bond acceptors (Lipinski definition) is 1. The largest absolute Gasteiger partial charge is 0.388 e. The molecule has 2 aromatic rings. The van der Waals surface area contributed by atoms with Gasteiger partial charge in [-0.15, -0.1) is 0 Å². The molecule has 2 rings (SSSR count). The molecule has 1 unspecified atom stereocenters. The van der Waals surface area contributed by atoms with Crippen molar-refractivity contribution in [3.63, 3.8) is 0 Å². The summed E-state index contributed by atoms with van der Waals surface area (Å²) in [6.45, 7) is 2.08. The molecule has 100 valence electrons. The van der Waals surface area contributed by atoms with Crippen molar-refractivity contribution >= 4 is 11.6 Å². The van der Waals surface area contributed by atoms with Crippen LogP contribution in [0, 0.1) is 5.82 Å². The molecule has 0 saturated carbocycles. The van der Waals surface area contributed by atoms with Gasteiger partial charge < -0.3 is 5.11 Å². The van der Waals surface area contributed by atoms with E-state index in [1.165, 1.54) is 23.8 Å². The molecule has 19 heavy (non-hydrogen) atoms. The van der Waals surface area contributed by atoms with Gasteiger partial charge in [0.1, 0.15) is 5.82 Å². The van der Waals surface area contributed by atoms with Gasteiger partial charge in [-0.3, -0.25) is 0 Å². The van der Waals surface area contributed by atoms with Gasteiger partial charge in [-0.05, 0) is 41.3 Å². The normalized spacial score (nSPS) is 12.4. The Balaban J connectivity index is 2.15. The van der Waals surface area contributed by atoms with E-state index in [2.05, 4.69) is 6.92 Å². The standard InChI is InChI=1S/C16H16ClFO/c1-2-11-3-5-12(6-4-11)16(19)10-13-9-14(18)7-8-15(13)17/h3-9,16,19H,2,10H2,1H3. The third-order valence-corrected chi connectivity index (χ3v) is 3.56. The quantitative estimate of drug-likeness (QED) is 0.883. The second-order valence-electron chi connectivity index (χ2n) is 4.55. The van der Waals surface area contributed by atoms with Gasteiger partial charge in [0, 0.05) is 11.4 Å². The Morgan fingerprint density at radius 1 is 1.16 bits per heavy atom. The SMILES string of the molecule is CCc1ccc(C(O)Cc2cc(F)ccc2Cl)cc1. The van der Waals surface area contributed by atoms with Crippen LogP contribution in [0.4, 0.5) is 4.39 Å². The average molecular weight is 279 g/mol. The summed E-state index contributed by atoms with van der Waals surface area (Å²) in [4.78, 5) is 0. The zero-order valence-corrected chi connectivity index (χ0v) is 11.5. The van der Waals surface area contributed by atoms with Crippen LogP contribution in [0.3, 0.4) is 0 Å². The Kier molecular flexibility index (Phi) is 4.56. The number of aryl methyl sites for hydroxylation is 1. The Labute approximate surface area is 117 Å². The average Bonchev–Trinajstić information content (AvgIpc) is 2.43. The van der Waals surface area contributed by atoms with Crippen LogP contribution in [0.1, 0.15) is 29.7 Å². The molecule has 1 atom stereocenters. The predicted molar refractivity (Wildman–Crippen MR) is 75.9 cm³/mol. The van der Waals surface area contributed by atoms with Crippen LogP contribution in [0.5, 0.6) is 0 Å². The molecule has 2 aromatic carbocycles. The highest BCUT2D eigenvalue weighted by molar-refractivity contribution is 6.31. The van der Waals surface area contributed by atoms with Gasteiger partial charge in [-0.2, -0.15) is 0 Å². The molecule has 0 saturated heterocycles. The summed E-state index contributed by atoms with van der Waals surface area (Å²) in [7, 11) is 0. The van der Waals surface area contributed by atoms with E-state index in [1.807, 2.05) is 24.3 Å². The number of aliphatic hydroxyl groups is 1. The molecule has 1 nitrogen and oxygen atoms in total. The van der Waals surface area contributed by atoms with E-state index in [4.69, 9.17) is 11.6 Å². The van der Waals surface area contributed by atoms with Gasteiger partial charge >= 0.3 is 0 Å². The minimum atomic E-state index is -0.676. The molecule has 0 aromatic heterocycles. The van der Waals surface area contributed by atoms with E-state index < -0.39 is 6.10 Å². The van der Waals surface area contributed by atoms with Gasteiger partial charge in [-0.1, -0.05) is 42.8 Å². The summed E-state index contributed by atoms with van der Waals surface area (Å²) >= 11 is 6.00. The van der Waals surface area contributed by atoms with Crippen LogP contribution < -0.4 is 0 Å². The third-order valence-electron chi connectivity index (χ3n) is 3.19. The third kappa shape index (κ3) is 3.55. The van der Waals surface area contributed by atoms with E-state index in [9.17, 15) is 9.50 Å². The zero-order chi connectivity index (χ0) is 13.8. The Bertz CT molecular complexity index is 551. The smallest absolute Gasteiger partial charge is 0.123 e. The van der Waals surface area contributed by atoms with E-state index in [1.54, 1.807) is 0 Å². The molecule has 0 spiro atoms. The fourth-order valence-electron chi connectivity index (χ4n) is 2.00. The van der Waals surface area contributed by atoms with Gasteiger partial charge in [-0.25, -0.2) is 4.39 Å². The van der Waals surface area contributed by atoms with E-state index >= 15 is 0 Å². The fourth-order valence-corrected chi connectivity index (χ4v) is 2.20. The van der Waals surface area contributed by atoms with Crippen molar-refractivity contribution in [2.24, 2.45) is 0 Å². The van der Waals surface area contributed by atoms with Crippen molar-refractivity contribution in [2.75, 3.05) is 0 Å². The molecular formula is C16H16ClFO. The van der Waals surface area contributed by atoms with Crippen molar-refractivity contribution in [1.29, 1.82) is 0 Å². The second-order valence-corrected chi connectivity index (χ2v) is 4.96. The van der Waals surface area contributed by atoms with Crippen LogP contribution in [0.25, 0.3) is 0 Å². The minimum absolute atomic E-state index is 0.308. The van der Waals surface area contributed by atoms with E-state index in [0.717, 1.165) is 12.0 Å². The van der Waals surface area contributed by atoms with E-state index in [0.29, 0.717) is 17.0 Å². The topological polar surface area (TPSA) is 20.2 Å². The van der Waals surface area contributed by atoms with Crippen LogP contribution in [-0.2, 0) is 12.8 Å². The summed E-state index contributed by atoms with van der Waals surface area (Å²) in [6.07, 6.45) is 0.596. The Morgan fingerprint density at radius 3 is 2.47 bits per heavy atom. The minimum Gasteiger partial charge on any atom is -0.388 e. The molecule has 0 radical (unpaired) electrons. The Morgan fingerprint density at radius 2 is 1.84 bits per heavy atom. The number of benzene rings is 2. The van der Waals surface area contributed by atoms with Crippen molar-refractivity contribution < 1.29 is 9.50 Å². The molecule has 0 aliphatic rings. The lowest BCUT2D eigenvalue weighted by Crippen LogP contribution is -2.03. The van der Waals surface area contributed by atoms with Crippen molar-refractivity contribution in [3.05, 3.63) is 70.0 Å². The highest BCUT2D eigenvalue weighted by atomic mass is 35.5. The van der Waals surface area contributed by atoms with Gasteiger partial charge in [0.05, 0.1) is 6.10 Å². The molecule has 0 heterocycles. The predicted octanol–water partition coefficient (Wildman–Crippen LogP) is 4.32. The number of rotatable bonds is 4. The lowest BCUT2D eigenvalue weighted by molar-refractivity contribution is 0.178. The van der Waals surface area contributed by atoms with Crippen molar-refractivity contribution in [1.82, 2.24) is 0 Å². The molecule has 0 fully saturated rings. The number of hydrogen-bond donors (Lipinski definition) is 1. The molecule has 0 aliphatic carbocycles. The summed E-state index contributed by atoms with van der Waals surface area (Å²) in [6, 6.07) is 12.0. The first kappa shape index (κ1) is 14.0. The van der Waals surface area contributed by atoms with Crippen LogP contribution in [0.15, 0.2) is 42.5 Å². The first-order valence-corrected chi connectivity index (χ1v) is 6.68. The second kappa shape index (κ2) is 6.18. The number of halogens is 2. The molecular weight excluding hydrogens is 263 g/mol. The van der Waals surface area contributed by atoms with E-state index in [-0.39, 0.29) is 5.82 Å². The summed E-state index contributed by atoms with van der Waals surface area (Å²) in [5.41, 5.74) is 2.66. The monoisotopic (exact) mass is 278 g/mol. The van der Waals surface area contributed by atoms with Crippen LogP contribution in [-0.4, -0.2) is 5.11 Å². The lowest BCUT2D eigenvalue weighted by atomic mass is 10.00. The first-order valence-electron chi connectivity index (χ1n) is 6.31. The molecule has 3 heteroatoms. The fraction of sp³-hybridized carbons (Fsp3) is 0.250. The summed E-state index contributed by atoms with van der Waals surface area (Å²) in [5, 5.41) is 10.6. The highest BCUT2D eigenvalue weighted by Crippen LogP contribution is 2.24. The van der Waals surface area contributed by atoms with Crippen LogP contribution >= 0.6 is 11.6 Å². The summed E-state index contributed by atoms with van der Waals surface area (Å²) in [5.74, 6) is -0.340. The lowest BCUT2D eigenvalue weighted by Gasteiger charge is -2.13. The van der Waals surface area contributed by atoms with Crippen molar-refractivity contribution in [3.8, 4) is 0 Å². The van der Waals surface area contributed by atoms with Crippen LogP contribution in [0.2, 0.25) is 5.02 Å². The summed E-state index contributed by atoms with van der Waals surface area (Å²) < 4.78 is 13.2. The maximum absolute atomic E-state index is 13.2. The van der Waals surface area contributed by atoms with Gasteiger partial charge in [0.2, 0.25) is 0 Å². The maximum Gasteiger partial charge on any atom is 0.123 e.